The number of rotatable bonds is 1. The molecule has 9 heavy (non-hydrogen) atoms. The summed E-state index contributed by atoms with van der Waals surface area (Å²) in [6.07, 6.45) is 0.584. The number of hydrogen-bond acceptors (Lipinski definition) is 1. The highest BCUT2D eigenvalue weighted by atomic mass is 14.5. The second-order valence-electron chi connectivity index (χ2n) is 1.95. The fraction of sp³-hybridized carbons (Fsp3) is 0.143. The summed E-state index contributed by atoms with van der Waals surface area (Å²) < 4.78 is 0. The highest BCUT2D eigenvalue weighted by molar-refractivity contribution is 6.08. The third-order valence-electron chi connectivity index (χ3n) is 1.22. The van der Waals surface area contributed by atoms with E-state index >= 15 is 0 Å². The largest absolute Gasteiger partial charge is 0.399 e. The number of nitrogen functional groups attached to an aromatic ring is 1. The molecule has 0 fully saturated rings. The molecule has 2 N–H and O–H groups in total. The van der Waals surface area contributed by atoms with Gasteiger partial charge in [-0.3, -0.25) is 0 Å². The molecule has 1 rings (SSSR count). The van der Waals surface area contributed by atoms with E-state index in [0.717, 1.165) is 11.3 Å². The number of hydrogen-bond donors (Lipinski definition) is 1. The van der Waals surface area contributed by atoms with E-state index in [1.165, 1.54) is 0 Å². The van der Waals surface area contributed by atoms with Gasteiger partial charge in [0.15, 0.2) is 0 Å². The van der Waals surface area contributed by atoms with Crippen molar-refractivity contribution in [3.05, 3.63) is 29.8 Å². The fourth-order valence-corrected chi connectivity index (χ4v) is 0.654. The Labute approximate surface area is 56.3 Å². The zero-order valence-electron chi connectivity index (χ0n) is 5.17. The lowest BCUT2D eigenvalue weighted by Gasteiger charge is -1.94. The third kappa shape index (κ3) is 1.49. The first-order valence-electron chi connectivity index (χ1n) is 2.87. The van der Waals surface area contributed by atoms with E-state index in [1.807, 2.05) is 24.3 Å². The van der Waals surface area contributed by atoms with E-state index in [4.69, 9.17) is 13.6 Å². The summed E-state index contributed by atoms with van der Waals surface area (Å²) in [5, 5.41) is 0. The van der Waals surface area contributed by atoms with Crippen molar-refractivity contribution >= 4 is 13.5 Å². The lowest BCUT2D eigenvalue weighted by Crippen LogP contribution is -1.86. The Hall–Kier alpha value is -0.915. The van der Waals surface area contributed by atoms with Gasteiger partial charge in [-0.1, -0.05) is 24.0 Å². The van der Waals surface area contributed by atoms with E-state index in [2.05, 4.69) is 0 Å². The summed E-state index contributed by atoms with van der Waals surface area (Å²) in [4.78, 5) is 0. The molecule has 0 aliphatic carbocycles. The second kappa shape index (κ2) is 2.58. The summed E-state index contributed by atoms with van der Waals surface area (Å²) in [6, 6.07) is 7.55. The van der Waals surface area contributed by atoms with E-state index in [1.54, 1.807) is 0 Å². The molecular weight excluding hydrogens is 109 g/mol. The zero-order chi connectivity index (χ0) is 6.69. The van der Waals surface area contributed by atoms with E-state index in [9.17, 15) is 0 Å². The molecule has 2 heteroatoms. The Morgan fingerprint density at radius 1 is 1.22 bits per heavy atom. The van der Waals surface area contributed by atoms with Gasteiger partial charge in [0.05, 0.1) is 7.85 Å². The average molecular weight is 117 g/mol. The van der Waals surface area contributed by atoms with Crippen molar-refractivity contribution in [1.82, 2.24) is 0 Å². The van der Waals surface area contributed by atoms with Crippen LogP contribution in [0.1, 0.15) is 5.56 Å². The number of nitrogens with two attached hydrogens (primary N) is 1. The van der Waals surface area contributed by atoms with Crippen molar-refractivity contribution in [2.45, 2.75) is 6.32 Å². The van der Waals surface area contributed by atoms with Crippen molar-refractivity contribution in [2.24, 2.45) is 0 Å². The van der Waals surface area contributed by atoms with Crippen LogP contribution < -0.4 is 5.73 Å². The van der Waals surface area contributed by atoms with Crippen molar-refractivity contribution in [1.29, 1.82) is 0 Å². The standard InChI is InChI=1S/C7H8BN/c8-5-6-1-3-7(9)4-2-6/h1-4H,5,9H2. The van der Waals surface area contributed by atoms with Crippen LogP contribution in [0.4, 0.5) is 5.69 Å². The monoisotopic (exact) mass is 117 g/mol. The quantitative estimate of drug-likeness (QED) is 0.429. The van der Waals surface area contributed by atoms with Crippen molar-refractivity contribution in [2.75, 3.05) is 5.73 Å². The molecule has 0 saturated carbocycles. The van der Waals surface area contributed by atoms with Crippen LogP contribution in [0, 0.1) is 0 Å². The zero-order valence-corrected chi connectivity index (χ0v) is 5.17. The molecule has 1 aromatic carbocycles. The van der Waals surface area contributed by atoms with Gasteiger partial charge in [0.1, 0.15) is 0 Å². The minimum Gasteiger partial charge on any atom is -0.399 e. The van der Waals surface area contributed by atoms with E-state index in [0.29, 0.717) is 6.32 Å². The van der Waals surface area contributed by atoms with E-state index < -0.39 is 0 Å². The first-order valence-corrected chi connectivity index (χ1v) is 2.87. The Bertz CT molecular complexity index is 181. The normalized spacial score (nSPS) is 9.33. The molecule has 0 unspecified atom stereocenters. The van der Waals surface area contributed by atoms with Crippen LogP contribution in [-0.2, 0) is 6.32 Å². The van der Waals surface area contributed by atoms with E-state index in [-0.39, 0.29) is 0 Å². The summed E-state index contributed by atoms with van der Waals surface area (Å²) in [5.41, 5.74) is 7.34. The van der Waals surface area contributed by atoms with Gasteiger partial charge in [-0.05, 0) is 12.1 Å². The van der Waals surface area contributed by atoms with Gasteiger partial charge in [-0.2, -0.15) is 0 Å². The topological polar surface area (TPSA) is 26.0 Å². The lowest BCUT2D eigenvalue weighted by molar-refractivity contribution is 1.40. The predicted octanol–water partition coefficient (Wildman–Crippen LogP) is 0.937. The van der Waals surface area contributed by atoms with Crippen LogP contribution in [0.15, 0.2) is 24.3 Å². The van der Waals surface area contributed by atoms with Crippen molar-refractivity contribution in [3.63, 3.8) is 0 Å². The van der Waals surface area contributed by atoms with Gasteiger partial charge in [0.2, 0.25) is 0 Å². The molecule has 1 nitrogen and oxygen atoms in total. The smallest absolute Gasteiger partial charge is 0.0716 e. The Kier molecular flexibility index (Phi) is 1.78. The maximum atomic E-state index is 5.44. The van der Waals surface area contributed by atoms with Gasteiger partial charge in [0, 0.05) is 5.69 Å². The van der Waals surface area contributed by atoms with Crippen LogP contribution in [0.3, 0.4) is 0 Å². The SMILES string of the molecule is [B]Cc1ccc(N)cc1. The molecule has 0 heterocycles. The van der Waals surface area contributed by atoms with Crippen LogP contribution in [0.5, 0.6) is 0 Å². The first kappa shape index (κ1) is 6.21. The predicted molar refractivity (Wildman–Crippen MR) is 40.3 cm³/mol. The van der Waals surface area contributed by atoms with Crippen LogP contribution in [0.2, 0.25) is 0 Å². The first-order chi connectivity index (χ1) is 4.33. The molecule has 2 radical (unpaired) electrons. The minimum atomic E-state index is 0.584. The van der Waals surface area contributed by atoms with Gasteiger partial charge >= 0.3 is 0 Å². The molecule has 0 aliphatic heterocycles. The summed E-state index contributed by atoms with van der Waals surface area (Å²) >= 11 is 0. The Morgan fingerprint density at radius 2 is 1.78 bits per heavy atom. The second-order valence-corrected chi connectivity index (χ2v) is 1.95. The molecule has 44 valence electrons. The van der Waals surface area contributed by atoms with Crippen molar-refractivity contribution in [3.8, 4) is 0 Å². The average Bonchev–Trinajstić information content (AvgIpc) is 1.90. The highest BCUT2D eigenvalue weighted by Gasteiger charge is 1.85. The molecule has 0 saturated heterocycles. The maximum Gasteiger partial charge on any atom is 0.0716 e. The number of benzene rings is 1. The minimum absolute atomic E-state index is 0.584. The lowest BCUT2D eigenvalue weighted by atomic mass is 9.97. The molecule has 0 bridgehead atoms. The van der Waals surface area contributed by atoms with Gasteiger partial charge in [-0.25, -0.2) is 0 Å². The van der Waals surface area contributed by atoms with Gasteiger partial charge < -0.3 is 5.73 Å². The molecule has 0 spiro atoms. The Balaban J connectivity index is 2.88. The van der Waals surface area contributed by atoms with Gasteiger partial charge in [-0.15, -0.1) is 0 Å². The summed E-state index contributed by atoms with van der Waals surface area (Å²) in [5.74, 6) is 0. The summed E-state index contributed by atoms with van der Waals surface area (Å²) in [7, 11) is 5.36. The number of anilines is 1. The van der Waals surface area contributed by atoms with Crippen LogP contribution in [0.25, 0.3) is 0 Å². The molecule has 0 amide bonds. The van der Waals surface area contributed by atoms with Gasteiger partial charge in [0.25, 0.3) is 0 Å². The molecule has 0 aromatic heterocycles. The Morgan fingerprint density at radius 3 is 2.22 bits per heavy atom. The molecular formula is C7H8BN. The summed E-state index contributed by atoms with van der Waals surface area (Å²) in [6.45, 7) is 0. The maximum absolute atomic E-state index is 5.44. The fourth-order valence-electron chi connectivity index (χ4n) is 0.654. The molecule has 1 aromatic rings. The highest BCUT2D eigenvalue weighted by Crippen LogP contribution is 2.03. The third-order valence-corrected chi connectivity index (χ3v) is 1.22. The van der Waals surface area contributed by atoms with Crippen molar-refractivity contribution < 1.29 is 0 Å². The van der Waals surface area contributed by atoms with Crippen LogP contribution >= 0.6 is 0 Å². The van der Waals surface area contributed by atoms with Crippen LogP contribution in [-0.4, -0.2) is 7.85 Å². The molecule has 0 aliphatic rings. The molecule has 0 atom stereocenters.